The van der Waals surface area contributed by atoms with Crippen molar-refractivity contribution in [2.45, 2.75) is 79.4 Å². The van der Waals surface area contributed by atoms with Crippen molar-refractivity contribution >= 4 is 11.6 Å². The summed E-state index contributed by atoms with van der Waals surface area (Å²) >= 11 is 0. The Hall–Kier alpha value is -1.26. The van der Waals surface area contributed by atoms with E-state index in [1.54, 1.807) is 0 Å². The molecule has 0 aliphatic heterocycles. The molecule has 1 saturated carbocycles. The summed E-state index contributed by atoms with van der Waals surface area (Å²) < 4.78 is 0. The third-order valence-electron chi connectivity index (χ3n) is 4.97. The number of aliphatic hydroxyl groups excluding tert-OH is 2. The lowest BCUT2D eigenvalue weighted by Gasteiger charge is -2.44. The van der Waals surface area contributed by atoms with Gasteiger partial charge in [0.1, 0.15) is 11.7 Å². The van der Waals surface area contributed by atoms with E-state index in [4.69, 9.17) is 0 Å². The molecule has 0 radical (unpaired) electrons. The Bertz CT molecular complexity index is 528. The van der Waals surface area contributed by atoms with E-state index < -0.39 is 23.5 Å². The maximum Gasteiger partial charge on any atom is 0.155 e. The monoisotopic (exact) mass is 350 g/mol. The zero-order valence-corrected chi connectivity index (χ0v) is 16.5. The summed E-state index contributed by atoms with van der Waals surface area (Å²) in [6.07, 6.45) is 2.94. The van der Waals surface area contributed by atoms with Crippen LogP contribution in [0.1, 0.15) is 67.2 Å². The first-order chi connectivity index (χ1) is 11.5. The third kappa shape index (κ3) is 5.35. The normalized spacial score (nSPS) is 25.6. The molecule has 4 heteroatoms. The summed E-state index contributed by atoms with van der Waals surface area (Å²) in [5.74, 6) is -1.41. The van der Waals surface area contributed by atoms with Crippen LogP contribution in [0.5, 0.6) is 0 Å². The zero-order valence-electron chi connectivity index (χ0n) is 16.5. The SMILES string of the molecule is CC(C)=CCC1(CC=C(C)C)C(=O)C(C(=O)CC(C)C)C(O)CC1O. The summed E-state index contributed by atoms with van der Waals surface area (Å²) in [6.45, 7) is 11.6. The molecule has 3 atom stereocenters. The molecule has 0 spiro atoms. The van der Waals surface area contributed by atoms with Gasteiger partial charge in [0, 0.05) is 12.8 Å². The molecule has 0 heterocycles. The smallest absolute Gasteiger partial charge is 0.155 e. The average Bonchev–Trinajstić information content (AvgIpc) is 2.45. The fraction of sp³-hybridized carbons (Fsp3) is 0.714. The molecule has 142 valence electrons. The average molecular weight is 350 g/mol. The van der Waals surface area contributed by atoms with Gasteiger partial charge in [0.05, 0.1) is 17.6 Å². The highest BCUT2D eigenvalue weighted by atomic mass is 16.3. The first-order valence-electron chi connectivity index (χ1n) is 9.21. The third-order valence-corrected chi connectivity index (χ3v) is 4.97. The Kier molecular flexibility index (Phi) is 7.76. The second kappa shape index (κ2) is 8.91. The Morgan fingerprint density at radius 3 is 2.00 bits per heavy atom. The van der Waals surface area contributed by atoms with Crippen molar-refractivity contribution in [1.82, 2.24) is 0 Å². The van der Waals surface area contributed by atoms with Crippen molar-refractivity contribution in [1.29, 1.82) is 0 Å². The van der Waals surface area contributed by atoms with Crippen LogP contribution >= 0.6 is 0 Å². The molecule has 3 unspecified atom stereocenters. The number of aliphatic hydroxyl groups is 2. The zero-order chi connectivity index (χ0) is 19.4. The maximum absolute atomic E-state index is 13.3. The Morgan fingerprint density at radius 2 is 1.60 bits per heavy atom. The topological polar surface area (TPSA) is 74.6 Å². The molecule has 4 nitrogen and oxygen atoms in total. The van der Waals surface area contributed by atoms with Crippen molar-refractivity contribution < 1.29 is 19.8 Å². The van der Waals surface area contributed by atoms with Crippen LogP contribution in [0.3, 0.4) is 0 Å². The molecule has 1 fully saturated rings. The van der Waals surface area contributed by atoms with Crippen LogP contribution in [0.2, 0.25) is 0 Å². The number of Topliss-reactive ketones (excluding diaryl/α,β-unsaturated/α-hetero) is 2. The van der Waals surface area contributed by atoms with Gasteiger partial charge in [0.25, 0.3) is 0 Å². The molecular weight excluding hydrogens is 316 g/mol. The lowest BCUT2D eigenvalue weighted by atomic mass is 9.60. The van der Waals surface area contributed by atoms with E-state index in [1.807, 2.05) is 53.7 Å². The van der Waals surface area contributed by atoms with Crippen LogP contribution in [0, 0.1) is 17.3 Å². The Balaban J connectivity index is 3.30. The summed E-state index contributed by atoms with van der Waals surface area (Å²) in [5.41, 5.74) is 1.09. The minimum Gasteiger partial charge on any atom is -0.392 e. The number of hydrogen-bond acceptors (Lipinski definition) is 4. The molecule has 0 saturated heterocycles. The summed E-state index contributed by atoms with van der Waals surface area (Å²) in [4.78, 5) is 25.9. The molecule has 1 aliphatic rings. The van der Waals surface area contributed by atoms with Gasteiger partial charge in [0.2, 0.25) is 0 Å². The van der Waals surface area contributed by atoms with Crippen molar-refractivity contribution in [3.8, 4) is 0 Å². The first-order valence-corrected chi connectivity index (χ1v) is 9.21. The fourth-order valence-corrected chi connectivity index (χ4v) is 3.46. The van der Waals surface area contributed by atoms with Crippen LogP contribution in [0.25, 0.3) is 0 Å². The highest BCUT2D eigenvalue weighted by Gasteiger charge is 2.54. The van der Waals surface area contributed by atoms with Crippen molar-refractivity contribution in [2.24, 2.45) is 17.3 Å². The number of rotatable bonds is 7. The number of hydrogen-bond donors (Lipinski definition) is 2. The predicted octanol–water partition coefficient (Wildman–Crippen LogP) is 3.61. The predicted molar refractivity (Wildman–Crippen MR) is 100 cm³/mol. The van der Waals surface area contributed by atoms with Crippen LogP contribution in [-0.4, -0.2) is 34.0 Å². The lowest BCUT2D eigenvalue weighted by Crippen LogP contribution is -2.56. The van der Waals surface area contributed by atoms with Crippen molar-refractivity contribution in [3.05, 3.63) is 23.3 Å². The van der Waals surface area contributed by atoms with E-state index in [9.17, 15) is 19.8 Å². The van der Waals surface area contributed by atoms with Crippen LogP contribution in [-0.2, 0) is 9.59 Å². The number of carbonyl (C=O) groups is 2. The van der Waals surface area contributed by atoms with Crippen molar-refractivity contribution in [3.63, 3.8) is 0 Å². The van der Waals surface area contributed by atoms with Gasteiger partial charge in [-0.1, -0.05) is 37.1 Å². The Morgan fingerprint density at radius 1 is 1.12 bits per heavy atom. The van der Waals surface area contributed by atoms with Crippen LogP contribution in [0.15, 0.2) is 23.3 Å². The van der Waals surface area contributed by atoms with Gasteiger partial charge >= 0.3 is 0 Å². The van der Waals surface area contributed by atoms with E-state index in [2.05, 4.69) is 0 Å². The van der Waals surface area contributed by atoms with Crippen LogP contribution in [0.4, 0.5) is 0 Å². The van der Waals surface area contributed by atoms with Gasteiger partial charge in [-0.3, -0.25) is 9.59 Å². The van der Waals surface area contributed by atoms with E-state index in [1.165, 1.54) is 0 Å². The van der Waals surface area contributed by atoms with E-state index >= 15 is 0 Å². The molecule has 0 aromatic carbocycles. The number of allylic oxidation sites excluding steroid dienone is 4. The molecule has 1 aliphatic carbocycles. The summed E-state index contributed by atoms with van der Waals surface area (Å²) in [7, 11) is 0. The molecule has 0 bridgehead atoms. The van der Waals surface area contributed by atoms with E-state index in [0.29, 0.717) is 12.8 Å². The van der Waals surface area contributed by atoms with Gasteiger partial charge in [-0.2, -0.15) is 0 Å². The number of carbonyl (C=O) groups excluding carboxylic acids is 2. The summed E-state index contributed by atoms with van der Waals surface area (Å²) in [5, 5.41) is 21.1. The Labute approximate surface area is 152 Å². The fourth-order valence-electron chi connectivity index (χ4n) is 3.46. The lowest BCUT2D eigenvalue weighted by molar-refractivity contribution is -0.160. The second-order valence-electron chi connectivity index (χ2n) is 8.35. The standard InChI is InChI=1S/C21H34O4/c1-13(2)7-9-21(10-8-14(3)4)18(24)12-17(23)19(20(21)25)16(22)11-15(5)6/h7-8,15,17-19,23-24H,9-12H2,1-6H3. The molecule has 0 aromatic heterocycles. The van der Waals surface area contributed by atoms with Crippen LogP contribution < -0.4 is 0 Å². The maximum atomic E-state index is 13.3. The van der Waals surface area contributed by atoms with Gasteiger partial charge < -0.3 is 10.2 Å². The molecule has 0 amide bonds. The summed E-state index contributed by atoms with van der Waals surface area (Å²) in [6, 6.07) is 0. The highest BCUT2D eigenvalue weighted by Crippen LogP contribution is 2.44. The molecule has 2 N–H and O–H groups in total. The van der Waals surface area contributed by atoms with Gasteiger partial charge in [-0.05, 0) is 46.5 Å². The molecule has 25 heavy (non-hydrogen) atoms. The van der Waals surface area contributed by atoms with Gasteiger partial charge in [-0.15, -0.1) is 0 Å². The minimum atomic E-state index is -1.10. The quantitative estimate of drug-likeness (QED) is 0.543. The largest absolute Gasteiger partial charge is 0.392 e. The van der Waals surface area contributed by atoms with Gasteiger partial charge in [0.15, 0.2) is 5.78 Å². The van der Waals surface area contributed by atoms with E-state index in [0.717, 1.165) is 11.1 Å². The molecule has 0 aromatic rings. The highest BCUT2D eigenvalue weighted by molar-refractivity contribution is 6.06. The molecule has 1 rings (SSSR count). The first kappa shape index (κ1) is 21.8. The van der Waals surface area contributed by atoms with E-state index in [-0.39, 0.29) is 30.3 Å². The minimum absolute atomic E-state index is 0.0629. The second-order valence-corrected chi connectivity index (χ2v) is 8.35. The van der Waals surface area contributed by atoms with Crippen molar-refractivity contribution in [2.75, 3.05) is 0 Å². The molecular formula is C21H34O4. The number of ketones is 2. The van der Waals surface area contributed by atoms with Gasteiger partial charge in [-0.25, -0.2) is 0 Å².